The quantitative estimate of drug-likeness (QED) is 0.700. The van der Waals surface area contributed by atoms with Crippen LogP contribution in [0.15, 0.2) is 23.6 Å². The summed E-state index contributed by atoms with van der Waals surface area (Å²) in [5.74, 6) is 1.03. The normalized spacial score (nSPS) is 19.9. The molecule has 0 spiro atoms. The van der Waals surface area contributed by atoms with Crippen LogP contribution in [0.5, 0.6) is 0 Å². The molecule has 0 aliphatic heterocycles. The summed E-state index contributed by atoms with van der Waals surface area (Å²) in [6.45, 7) is 7.33. The van der Waals surface area contributed by atoms with Gasteiger partial charge < -0.3 is 10.5 Å². The number of nitrogens with two attached hydrogens (primary N) is 1. The number of unbranched alkanes of at least 4 members (excludes halogenated alkanes) is 1. The van der Waals surface area contributed by atoms with Crippen LogP contribution in [0.3, 0.4) is 0 Å². The van der Waals surface area contributed by atoms with Gasteiger partial charge in [-0.3, -0.25) is 0 Å². The van der Waals surface area contributed by atoms with Crippen molar-refractivity contribution < 1.29 is 4.74 Å². The van der Waals surface area contributed by atoms with E-state index in [-0.39, 0.29) is 5.41 Å². The first-order chi connectivity index (χ1) is 6.53. The maximum Gasteiger partial charge on any atom is 0.0988 e. The average molecular weight is 195 g/mol. The van der Waals surface area contributed by atoms with Gasteiger partial charge in [0, 0.05) is 12.1 Å². The Morgan fingerprint density at radius 3 is 2.79 bits per heavy atom. The Kier molecular flexibility index (Phi) is 3.62. The maximum atomic E-state index is 5.81. The molecule has 0 unspecified atom stereocenters. The number of ether oxygens (including phenoxy) is 1. The minimum absolute atomic E-state index is 0.139. The Hall–Kier alpha value is -0.920. The van der Waals surface area contributed by atoms with Crippen LogP contribution in [0.1, 0.15) is 40.0 Å². The van der Waals surface area contributed by atoms with Crippen LogP contribution < -0.4 is 5.73 Å². The second-order valence-corrected chi connectivity index (χ2v) is 4.62. The molecule has 0 fully saturated rings. The molecule has 2 nitrogen and oxygen atoms in total. The fraction of sp³-hybridized carbons (Fsp3) is 0.667. The molecule has 2 N–H and O–H groups in total. The first-order valence-electron chi connectivity index (χ1n) is 5.35. The molecule has 2 heteroatoms. The molecule has 0 aromatic carbocycles. The van der Waals surface area contributed by atoms with Crippen LogP contribution >= 0.6 is 0 Å². The summed E-state index contributed by atoms with van der Waals surface area (Å²) in [4.78, 5) is 0. The van der Waals surface area contributed by atoms with Crippen molar-refractivity contribution in [2.45, 2.75) is 40.0 Å². The molecule has 1 aliphatic rings. The molecule has 0 amide bonds. The summed E-state index contributed by atoms with van der Waals surface area (Å²) in [5.41, 5.74) is 6.78. The smallest absolute Gasteiger partial charge is 0.0988 e. The molecule has 0 saturated heterocycles. The van der Waals surface area contributed by atoms with E-state index >= 15 is 0 Å². The van der Waals surface area contributed by atoms with Crippen molar-refractivity contribution >= 4 is 0 Å². The van der Waals surface area contributed by atoms with Crippen LogP contribution in [-0.2, 0) is 4.74 Å². The second-order valence-electron chi connectivity index (χ2n) is 4.62. The van der Waals surface area contributed by atoms with Crippen LogP contribution in [0.4, 0.5) is 0 Å². The highest BCUT2D eigenvalue weighted by atomic mass is 16.5. The van der Waals surface area contributed by atoms with Crippen LogP contribution in [0.2, 0.25) is 0 Å². The van der Waals surface area contributed by atoms with E-state index < -0.39 is 0 Å². The van der Waals surface area contributed by atoms with Crippen LogP contribution in [0, 0.1) is 5.41 Å². The van der Waals surface area contributed by atoms with Crippen molar-refractivity contribution in [2.75, 3.05) is 6.61 Å². The van der Waals surface area contributed by atoms with Gasteiger partial charge in [-0.25, -0.2) is 0 Å². The summed E-state index contributed by atoms with van der Waals surface area (Å²) in [7, 11) is 0. The van der Waals surface area contributed by atoms with Crippen LogP contribution in [-0.4, -0.2) is 6.61 Å². The van der Waals surface area contributed by atoms with Crippen LogP contribution in [0.25, 0.3) is 0 Å². The van der Waals surface area contributed by atoms with Crippen molar-refractivity contribution in [2.24, 2.45) is 11.1 Å². The van der Waals surface area contributed by atoms with Crippen molar-refractivity contribution in [3.05, 3.63) is 23.6 Å². The predicted molar refractivity (Wildman–Crippen MR) is 59.6 cm³/mol. The Morgan fingerprint density at radius 1 is 1.50 bits per heavy atom. The Balaban J connectivity index is 2.50. The highest BCUT2D eigenvalue weighted by Crippen LogP contribution is 2.32. The Labute approximate surface area is 86.8 Å². The van der Waals surface area contributed by atoms with Crippen molar-refractivity contribution in [3.8, 4) is 0 Å². The number of rotatable bonds is 4. The molecule has 0 aromatic rings. The SMILES string of the molecule is CCCCOC1=CC(N)=CC(C)(C)C1. The first kappa shape index (κ1) is 11.2. The maximum absolute atomic E-state index is 5.81. The molecule has 0 saturated carbocycles. The largest absolute Gasteiger partial charge is 0.498 e. The van der Waals surface area contributed by atoms with Gasteiger partial charge in [0.15, 0.2) is 0 Å². The van der Waals surface area contributed by atoms with E-state index in [1.807, 2.05) is 6.08 Å². The molecule has 0 atom stereocenters. The molecule has 80 valence electrons. The van der Waals surface area contributed by atoms with Gasteiger partial charge in [-0.1, -0.05) is 33.3 Å². The van der Waals surface area contributed by atoms with Gasteiger partial charge in [0.2, 0.25) is 0 Å². The van der Waals surface area contributed by atoms with Gasteiger partial charge in [0.25, 0.3) is 0 Å². The lowest BCUT2D eigenvalue weighted by atomic mass is 9.84. The minimum Gasteiger partial charge on any atom is -0.498 e. The molecule has 0 bridgehead atoms. The summed E-state index contributed by atoms with van der Waals surface area (Å²) in [6, 6.07) is 0. The zero-order valence-electron chi connectivity index (χ0n) is 9.47. The van der Waals surface area contributed by atoms with E-state index in [0.29, 0.717) is 0 Å². The third-order valence-electron chi connectivity index (χ3n) is 2.30. The van der Waals surface area contributed by atoms with Gasteiger partial charge in [0.1, 0.15) is 0 Å². The van der Waals surface area contributed by atoms with Crippen molar-refractivity contribution in [1.82, 2.24) is 0 Å². The zero-order valence-corrected chi connectivity index (χ0v) is 9.47. The average Bonchev–Trinajstić information content (AvgIpc) is 2.00. The molecule has 14 heavy (non-hydrogen) atoms. The van der Waals surface area contributed by atoms with E-state index in [1.165, 1.54) is 6.42 Å². The van der Waals surface area contributed by atoms with Gasteiger partial charge in [-0.05, 0) is 17.9 Å². The molecular weight excluding hydrogens is 174 g/mol. The lowest BCUT2D eigenvalue weighted by Gasteiger charge is -2.26. The van der Waals surface area contributed by atoms with E-state index in [9.17, 15) is 0 Å². The van der Waals surface area contributed by atoms with Gasteiger partial charge in [-0.15, -0.1) is 0 Å². The monoisotopic (exact) mass is 195 g/mol. The minimum atomic E-state index is 0.139. The predicted octanol–water partition coefficient (Wildman–Crippen LogP) is 2.96. The summed E-state index contributed by atoms with van der Waals surface area (Å²) in [5, 5.41) is 0. The third-order valence-corrected chi connectivity index (χ3v) is 2.30. The fourth-order valence-corrected chi connectivity index (χ4v) is 1.67. The van der Waals surface area contributed by atoms with Crippen molar-refractivity contribution in [1.29, 1.82) is 0 Å². The first-order valence-corrected chi connectivity index (χ1v) is 5.35. The number of hydrogen-bond donors (Lipinski definition) is 1. The van der Waals surface area contributed by atoms with E-state index in [4.69, 9.17) is 10.5 Å². The molecule has 1 aliphatic carbocycles. The highest BCUT2D eigenvalue weighted by molar-refractivity contribution is 5.26. The summed E-state index contributed by atoms with van der Waals surface area (Å²) >= 11 is 0. The van der Waals surface area contributed by atoms with E-state index in [0.717, 1.165) is 30.9 Å². The highest BCUT2D eigenvalue weighted by Gasteiger charge is 2.22. The number of hydrogen-bond acceptors (Lipinski definition) is 2. The summed E-state index contributed by atoms with van der Waals surface area (Å²) in [6.07, 6.45) is 7.28. The van der Waals surface area contributed by atoms with E-state index in [1.54, 1.807) is 0 Å². The van der Waals surface area contributed by atoms with Gasteiger partial charge in [-0.2, -0.15) is 0 Å². The summed E-state index contributed by atoms with van der Waals surface area (Å²) < 4.78 is 5.67. The van der Waals surface area contributed by atoms with E-state index in [2.05, 4.69) is 26.8 Å². The molecular formula is C12H21NO. The molecule has 1 rings (SSSR count). The second kappa shape index (κ2) is 4.54. The topological polar surface area (TPSA) is 35.2 Å². The number of allylic oxidation sites excluding steroid dienone is 3. The van der Waals surface area contributed by atoms with Gasteiger partial charge in [0.05, 0.1) is 12.4 Å². The lowest BCUT2D eigenvalue weighted by Crippen LogP contribution is -2.17. The van der Waals surface area contributed by atoms with Gasteiger partial charge >= 0.3 is 0 Å². The molecule has 0 radical (unpaired) electrons. The zero-order chi connectivity index (χ0) is 10.6. The Morgan fingerprint density at radius 2 is 2.21 bits per heavy atom. The fourth-order valence-electron chi connectivity index (χ4n) is 1.67. The molecule has 0 aromatic heterocycles. The third kappa shape index (κ3) is 3.44. The molecule has 0 heterocycles. The Bertz CT molecular complexity index is 251. The van der Waals surface area contributed by atoms with Crippen molar-refractivity contribution in [3.63, 3.8) is 0 Å². The lowest BCUT2D eigenvalue weighted by molar-refractivity contribution is 0.178. The standard InChI is InChI=1S/C12H21NO/c1-4-5-6-14-11-7-10(13)8-12(2,3)9-11/h7-8H,4-6,9,13H2,1-3H3.